The standard InChI is InChI=1S/C18H31N3O4/c1-13(2)10-19-18(25)21-8-3-5-14(11-21)9-16(22)20-7-4-6-15(12-20)17(23)24/h13-15H,3-12H2,1-2H3,(H,19,25)(H,23,24)/t14?,15-/m0/s1. The second-order valence-electron chi connectivity index (χ2n) is 7.76. The molecule has 2 atom stereocenters. The van der Waals surface area contributed by atoms with E-state index >= 15 is 0 Å². The Hall–Kier alpha value is -1.79. The first kappa shape index (κ1) is 19.5. The highest BCUT2D eigenvalue weighted by Gasteiger charge is 2.31. The van der Waals surface area contributed by atoms with Crippen molar-refractivity contribution in [3.63, 3.8) is 0 Å². The highest BCUT2D eigenvalue weighted by molar-refractivity contribution is 5.78. The van der Waals surface area contributed by atoms with Crippen molar-refractivity contribution in [2.75, 3.05) is 32.7 Å². The lowest BCUT2D eigenvalue weighted by Crippen LogP contribution is -2.48. The molecule has 0 bridgehead atoms. The number of hydrogen-bond acceptors (Lipinski definition) is 3. The lowest BCUT2D eigenvalue weighted by Gasteiger charge is -2.35. The number of amides is 3. The van der Waals surface area contributed by atoms with Crippen LogP contribution in [0.25, 0.3) is 0 Å². The van der Waals surface area contributed by atoms with Gasteiger partial charge in [0.2, 0.25) is 5.91 Å². The molecule has 0 saturated carbocycles. The number of carboxylic acid groups (broad SMARTS) is 1. The molecular formula is C18H31N3O4. The third kappa shape index (κ3) is 5.90. The van der Waals surface area contributed by atoms with Gasteiger partial charge in [0, 0.05) is 39.1 Å². The van der Waals surface area contributed by atoms with Crippen LogP contribution in [0.4, 0.5) is 4.79 Å². The largest absolute Gasteiger partial charge is 0.481 e. The average Bonchev–Trinajstić information content (AvgIpc) is 2.59. The molecule has 2 fully saturated rings. The number of piperidine rings is 2. The van der Waals surface area contributed by atoms with Crippen LogP contribution in [0.15, 0.2) is 0 Å². The summed E-state index contributed by atoms with van der Waals surface area (Å²) in [5.41, 5.74) is 0. The predicted molar refractivity (Wildman–Crippen MR) is 94.1 cm³/mol. The summed E-state index contributed by atoms with van der Waals surface area (Å²) in [6, 6.07) is -0.0465. The van der Waals surface area contributed by atoms with Crippen LogP contribution < -0.4 is 5.32 Å². The quantitative estimate of drug-likeness (QED) is 0.788. The van der Waals surface area contributed by atoms with Crippen molar-refractivity contribution < 1.29 is 19.5 Å². The summed E-state index contributed by atoms with van der Waals surface area (Å²) in [4.78, 5) is 39.4. The van der Waals surface area contributed by atoms with Crippen molar-refractivity contribution in [1.29, 1.82) is 0 Å². The fraction of sp³-hybridized carbons (Fsp3) is 0.833. The number of carbonyl (C=O) groups is 3. The second-order valence-corrected chi connectivity index (χ2v) is 7.76. The van der Waals surface area contributed by atoms with Crippen molar-refractivity contribution in [1.82, 2.24) is 15.1 Å². The van der Waals surface area contributed by atoms with Gasteiger partial charge in [-0.05, 0) is 37.5 Å². The van der Waals surface area contributed by atoms with Gasteiger partial charge in [-0.1, -0.05) is 13.8 Å². The van der Waals surface area contributed by atoms with E-state index in [4.69, 9.17) is 5.11 Å². The van der Waals surface area contributed by atoms with Gasteiger partial charge in [0.15, 0.2) is 0 Å². The van der Waals surface area contributed by atoms with Crippen molar-refractivity contribution in [2.24, 2.45) is 17.8 Å². The molecule has 0 aromatic carbocycles. The Labute approximate surface area is 149 Å². The number of nitrogens with one attached hydrogen (secondary N) is 1. The molecule has 2 aliphatic heterocycles. The van der Waals surface area contributed by atoms with Crippen LogP contribution in [-0.2, 0) is 9.59 Å². The maximum absolute atomic E-state index is 12.5. The Bertz CT molecular complexity index is 495. The van der Waals surface area contributed by atoms with Gasteiger partial charge in [-0.2, -0.15) is 0 Å². The number of rotatable bonds is 5. The summed E-state index contributed by atoms with van der Waals surface area (Å²) in [5, 5.41) is 12.1. The monoisotopic (exact) mass is 353 g/mol. The minimum atomic E-state index is -0.817. The Kier molecular flexibility index (Phi) is 7.08. The SMILES string of the molecule is CC(C)CNC(=O)N1CCCC(CC(=O)N2CCC[C@H](C(=O)O)C2)C1. The molecule has 2 N–H and O–H groups in total. The number of nitrogens with zero attached hydrogens (tertiary/aromatic N) is 2. The van der Waals surface area contributed by atoms with E-state index in [1.54, 1.807) is 9.80 Å². The molecule has 0 aromatic rings. The molecule has 2 heterocycles. The van der Waals surface area contributed by atoms with Gasteiger partial charge in [-0.3, -0.25) is 9.59 Å². The zero-order chi connectivity index (χ0) is 18.4. The Morgan fingerprint density at radius 1 is 1.08 bits per heavy atom. The van der Waals surface area contributed by atoms with E-state index in [1.165, 1.54) is 0 Å². The molecular weight excluding hydrogens is 322 g/mol. The van der Waals surface area contributed by atoms with Crippen LogP contribution in [0.5, 0.6) is 0 Å². The lowest BCUT2D eigenvalue weighted by atomic mass is 9.93. The maximum Gasteiger partial charge on any atom is 0.317 e. The van der Waals surface area contributed by atoms with Crippen molar-refractivity contribution >= 4 is 17.9 Å². The van der Waals surface area contributed by atoms with E-state index in [0.29, 0.717) is 44.9 Å². The summed E-state index contributed by atoms with van der Waals surface area (Å²) in [5.74, 6) is -0.658. The topological polar surface area (TPSA) is 90.0 Å². The summed E-state index contributed by atoms with van der Waals surface area (Å²) >= 11 is 0. The molecule has 3 amide bonds. The first-order valence-electron chi connectivity index (χ1n) is 9.40. The minimum absolute atomic E-state index is 0.0281. The molecule has 2 rings (SSSR count). The molecule has 1 unspecified atom stereocenters. The van der Waals surface area contributed by atoms with Gasteiger partial charge in [0.1, 0.15) is 0 Å². The molecule has 2 saturated heterocycles. The number of aliphatic carboxylic acids is 1. The second kappa shape index (κ2) is 9.06. The highest BCUT2D eigenvalue weighted by Crippen LogP contribution is 2.23. The molecule has 0 radical (unpaired) electrons. The summed E-state index contributed by atoms with van der Waals surface area (Å²) in [6.45, 7) is 7.07. The van der Waals surface area contributed by atoms with Crippen LogP contribution in [0, 0.1) is 17.8 Å². The first-order valence-corrected chi connectivity index (χ1v) is 9.40. The lowest BCUT2D eigenvalue weighted by molar-refractivity contribution is -0.146. The zero-order valence-corrected chi connectivity index (χ0v) is 15.4. The van der Waals surface area contributed by atoms with Crippen molar-refractivity contribution in [3.05, 3.63) is 0 Å². The zero-order valence-electron chi connectivity index (χ0n) is 15.4. The normalized spacial score (nSPS) is 24.3. The smallest absolute Gasteiger partial charge is 0.317 e. The maximum atomic E-state index is 12.5. The van der Waals surface area contributed by atoms with E-state index < -0.39 is 11.9 Å². The van der Waals surface area contributed by atoms with Gasteiger partial charge in [0.25, 0.3) is 0 Å². The third-order valence-electron chi connectivity index (χ3n) is 5.05. The molecule has 0 aliphatic carbocycles. The number of likely N-dealkylation sites (tertiary alicyclic amines) is 2. The van der Waals surface area contributed by atoms with Gasteiger partial charge in [-0.25, -0.2) is 4.79 Å². The Balaban J connectivity index is 1.82. The van der Waals surface area contributed by atoms with Gasteiger partial charge in [0.05, 0.1) is 5.92 Å². The van der Waals surface area contributed by atoms with E-state index in [9.17, 15) is 14.4 Å². The molecule has 0 aromatic heterocycles. The van der Waals surface area contributed by atoms with Crippen LogP contribution in [0.2, 0.25) is 0 Å². The molecule has 7 heteroatoms. The number of carboxylic acids is 1. The van der Waals surface area contributed by atoms with Crippen LogP contribution in [-0.4, -0.2) is 65.5 Å². The summed E-state index contributed by atoms with van der Waals surface area (Å²) in [6.07, 6.45) is 3.64. The molecule has 7 nitrogen and oxygen atoms in total. The van der Waals surface area contributed by atoms with Crippen molar-refractivity contribution in [3.8, 4) is 0 Å². The third-order valence-corrected chi connectivity index (χ3v) is 5.05. The van der Waals surface area contributed by atoms with Crippen LogP contribution in [0.3, 0.4) is 0 Å². The fourth-order valence-corrected chi connectivity index (χ4v) is 3.60. The fourth-order valence-electron chi connectivity index (χ4n) is 3.60. The highest BCUT2D eigenvalue weighted by atomic mass is 16.4. The Morgan fingerprint density at radius 2 is 1.76 bits per heavy atom. The predicted octanol–water partition coefficient (Wildman–Crippen LogP) is 1.78. The summed E-state index contributed by atoms with van der Waals surface area (Å²) in [7, 11) is 0. The van der Waals surface area contributed by atoms with E-state index in [0.717, 1.165) is 25.8 Å². The molecule has 142 valence electrons. The number of hydrogen-bond donors (Lipinski definition) is 2. The minimum Gasteiger partial charge on any atom is -0.481 e. The average molecular weight is 353 g/mol. The van der Waals surface area contributed by atoms with Crippen LogP contribution in [0.1, 0.15) is 46.0 Å². The Morgan fingerprint density at radius 3 is 2.44 bits per heavy atom. The summed E-state index contributed by atoms with van der Waals surface area (Å²) < 4.78 is 0. The van der Waals surface area contributed by atoms with Gasteiger partial charge < -0.3 is 20.2 Å². The number of carbonyl (C=O) groups excluding carboxylic acids is 2. The van der Waals surface area contributed by atoms with Crippen LogP contribution >= 0.6 is 0 Å². The van der Waals surface area contributed by atoms with Gasteiger partial charge >= 0.3 is 12.0 Å². The number of urea groups is 1. The van der Waals surface area contributed by atoms with E-state index in [-0.39, 0.29) is 17.9 Å². The van der Waals surface area contributed by atoms with E-state index in [1.807, 2.05) is 0 Å². The first-order chi connectivity index (χ1) is 11.9. The van der Waals surface area contributed by atoms with E-state index in [2.05, 4.69) is 19.2 Å². The van der Waals surface area contributed by atoms with Crippen molar-refractivity contribution in [2.45, 2.75) is 46.0 Å². The molecule has 25 heavy (non-hydrogen) atoms. The molecule has 2 aliphatic rings. The molecule has 0 spiro atoms. The van der Waals surface area contributed by atoms with Gasteiger partial charge in [-0.15, -0.1) is 0 Å².